The number of benzene rings is 2. The highest BCUT2D eigenvalue weighted by Gasteiger charge is 2.08. The molecule has 0 bridgehead atoms. The van der Waals surface area contributed by atoms with Gasteiger partial charge in [0, 0.05) is 11.3 Å². The first-order chi connectivity index (χ1) is 15.1. The molecule has 0 saturated carbocycles. The minimum absolute atomic E-state index is 0.144. The molecule has 0 atom stereocenters. The lowest BCUT2D eigenvalue weighted by atomic mass is 10.0. The monoisotopic (exact) mass is 423 g/mol. The summed E-state index contributed by atoms with van der Waals surface area (Å²) in [5.74, 6) is -0.0607. The lowest BCUT2D eigenvalue weighted by molar-refractivity contribution is 0.102. The summed E-state index contributed by atoms with van der Waals surface area (Å²) in [6.45, 7) is 4.09. The number of aryl methyl sites for hydroxylation is 2. The molecule has 0 aliphatic carbocycles. The maximum absolute atomic E-state index is 12.3. The second-order valence-electron chi connectivity index (χ2n) is 8.79. The van der Waals surface area contributed by atoms with Gasteiger partial charge in [-0.05, 0) is 55.2 Å². The summed E-state index contributed by atoms with van der Waals surface area (Å²) in [6.07, 6.45) is 17.5. The molecule has 2 aromatic carbocycles. The van der Waals surface area contributed by atoms with Crippen LogP contribution in [-0.4, -0.2) is 11.0 Å². The van der Waals surface area contributed by atoms with Gasteiger partial charge in [0.05, 0.1) is 0 Å². The molecular weight excluding hydrogens is 382 g/mol. The van der Waals surface area contributed by atoms with Gasteiger partial charge in [0.25, 0.3) is 5.91 Å². The molecule has 31 heavy (non-hydrogen) atoms. The van der Waals surface area contributed by atoms with Crippen molar-refractivity contribution < 1.29 is 9.90 Å². The molecule has 0 heterocycles. The average molecular weight is 424 g/mol. The van der Waals surface area contributed by atoms with Crippen molar-refractivity contribution in [3.05, 3.63) is 59.2 Å². The minimum Gasteiger partial charge on any atom is -0.508 e. The molecule has 1 amide bonds. The van der Waals surface area contributed by atoms with Crippen LogP contribution in [0.5, 0.6) is 5.75 Å². The fraction of sp³-hybridized carbons (Fsp3) is 0.536. The third kappa shape index (κ3) is 10.0. The van der Waals surface area contributed by atoms with E-state index in [1.54, 1.807) is 12.1 Å². The Hall–Kier alpha value is -2.29. The van der Waals surface area contributed by atoms with E-state index in [4.69, 9.17) is 0 Å². The van der Waals surface area contributed by atoms with Crippen LogP contribution in [0.4, 0.5) is 5.69 Å². The Morgan fingerprint density at radius 1 is 0.774 bits per heavy atom. The van der Waals surface area contributed by atoms with Crippen molar-refractivity contribution in [3.63, 3.8) is 0 Å². The number of carbonyl (C=O) groups is 1. The number of carbonyl (C=O) groups excluding carboxylic acids is 1. The van der Waals surface area contributed by atoms with Crippen LogP contribution >= 0.6 is 0 Å². The molecule has 2 rings (SSSR count). The highest BCUT2D eigenvalue weighted by molar-refractivity contribution is 6.04. The Morgan fingerprint density at radius 3 is 1.87 bits per heavy atom. The Morgan fingerprint density at radius 2 is 1.32 bits per heavy atom. The molecular formula is C28H41NO2. The van der Waals surface area contributed by atoms with Crippen molar-refractivity contribution in [2.75, 3.05) is 5.32 Å². The zero-order valence-corrected chi connectivity index (χ0v) is 19.6. The molecule has 0 spiro atoms. The molecule has 0 fully saturated rings. The number of unbranched alkanes of at least 4 members (excludes halogenated alkanes) is 11. The molecule has 0 aliphatic rings. The fourth-order valence-corrected chi connectivity index (χ4v) is 3.88. The zero-order valence-electron chi connectivity index (χ0n) is 19.6. The van der Waals surface area contributed by atoms with Crippen molar-refractivity contribution in [1.82, 2.24) is 0 Å². The lowest BCUT2D eigenvalue weighted by Crippen LogP contribution is -2.11. The number of phenols is 1. The standard InChI is InChI=1S/C28H41NO2/c1-3-4-5-6-7-8-9-10-11-12-13-14-15-24-17-20-26(21-18-24)29-28(31)25-19-16-23(2)27(30)22-25/h16-22,30H,3-15H2,1-2H3,(H,29,31). The van der Waals surface area contributed by atoms with E-state index in [1.165, 1.54) is 88.7 Å². The van der Waals surface area contributed by atoms with Gasteiger partial charge in [-0.3, -0.25) is 4.79 Å². The molecule has 3 heteroatoms. The van der Waals surface area contributed by atoms with Gasteiger partial charge in [0.1, 0.15) is 5.75 Å². The number of aromatic hydroxyl groups is 1. The SMILES string of the molecule is CCCCCCCCCCCCCCc1ccc(NC(=O)c2ccc(C)c(O)c2)cc1. The first-order valence-electron chi connectivity index (χ1n) is 12.3. The van der Waals surface area contributed by atoms with E-state index >= 15 is 0 Å². The van der Waals surface area contributed by atoms with Crippen molar-refractivity contribution in [1.29, 1.82) is 0 Å². The van der Waals surface area contributed by atoms with Crippen LogP contribution in [0.25, 0.3) is 0 Å². The predicted molar refractivity (Wildman–Crippen MR) is 132 cm³/mol. The molecule has 0 saturated heterocycles. The Balaban J connectivity index is 1.56. The average Bonchev–Trinajstić information content (AvgIpc) is 2.77. The van der Waals surface area contributed by atoms with Gasteiger partial charge in [-0.2, -0.15) is 0 Å². The molecule has 170 valence electrons. The predicted octanol–water partition coefficient (Wildman–Crippen LogP) is 8.20. The zero-order chi connectivity index (χ0) is 22.3. The van der Waals surface area contributed by atoms with Crippen LogP contribution in [-0.2, 0) is 6.42 Å². The topological polar surface area (TPSA) is 49.3 Å². The van der Waals surface area contributed by atoms with Crippen LogP contribution in [0.15, 0.2) is 42.5 Å². The van der Waals surface area contributed by atoms with E-state index in [-0.39, 0.29) is 11.7 Å². The van der Waals surface area contributed by atoms with E-state index in [0.717, 1.165) is 17.7 Å². The highest BCUT2D eigenvalue weighted by Crippen LogP contribution is 2.19. The van der Waals surface area contributed by atoms with Crippen LogP contribution in [0, 0.1) is 6.92 Å². The second kappa shape index (κ2) is 14.7. The smallest absolute Gasteiger partial charge is 0.255 e. The first kappa shape index (κ1) is 25.0. The Labute approximate surface area is 189 Å². The van der Waals surface area contributed by atoms with Crippen LogP contribution in [0.3, 0.4) is 0 Å². The maximum Gasteiger partial charge on any atom is 0.255 e. The lowest BCUT2D eigenvalue weighted by Gasteiger charge is -2.08. The first-order valence-corrected chi connectivity index (χ1v) is 12.3. The quantitative estimate of drug-likeness (QED) is 0.284. The minimum atomic E-state index is -0.205. The summed E-state index contributed by atoms with van der Waals surface area (Å²) in [5, 5.41) is 12.7. The fourth-order valence-electron chi connectivity index (χ4n) is 3.88. The van der Waals surface area contributed by atoms with Crippen molar-refractivity contribution in [2.24, 2.45) is 0 Å². The number of amides is 1. The van der Waals surface area contributed by atoms with Gasteiger partial charge in [-0.25, -0.2) is 0 Å². The largest absolute Gasteiger partial charge is 0.508 e. The Bertz CT molecular complexity index is 767. The van der Waals surface area contributed by atoms with Crippen LogP contribution < -0.4 is 5.32 Å². The molecule has 2 aromatic rings. The number of hydrogen-bond donors (Lipinski definition) is 2. The molecule has 3 nitrogen and oxygen atoms in total. The van der Waals surface area contributed by atoms with Crippen molar-refractivity contribution >= 4 is 11.6 Å². The van der Waals surface area contributed by atoms with Crippen molar-refractivity contribution in [3.8, 4) is 5.75 Å². The van der Waals surface area contributed by atoms with E-state index in [1.807, 2.05) is 19.1 Å². The molecule has 0 aromatic heterocycles. The van der Waals surface area contributed by atoms with Gasteiger partial charge in [0.2, 0.25) is 0 Å². The van der Waals surface area contributed by atoms with Gasteiger partial charge in [0.15, 0.2) is 0 Å². The summed E-state index contributed by atoms with van der Waals surface area (Å²) in [5.41, 5.74) is 3.32. The maximum atomic E-state index is 12.3. The second-order valence-corrected chi connectivity index (χ2v) is 8.79. The molecule has 0 aliphatic heterocycles. The van der Waals surface area contributed by atoms with Gasteiger partial charge < -0.3 is 10.4 Å². The summed E-state index contributed by atoms with van der Waals surface area (Å²) in [6, 6.07) is 13.1. The summed E-state index contributed by atoms with van der Waals surface area (Å²) >= 11 is 0. The number of hydrogen-bond acceptors (Lipinski definition) is 2. The Kier molecular flexibility index (Phi) is 11.8. The molecule has 0 unspecified atom stereocenters. The van der Waals surface area contributed by atoms with Crippen LogP contribution in [0.2, 0.25) is 0 Å². The third-order valence-electron chi connectivity index (χ3n) is 6.00. The number of nitrogens with one attached hydrogen (secondary N) is 1. The van der Waals surface area contributed by atoms with Gasteiger partial charge in [-0.1, -0.05) is 95.8 Å². The number of phenolic OH excluding ortho intramolecular Hbond substituents is 1. The summed E-state index contributed by atoms with van der Waals surface area (Å²) in [7, 11) is 0. The normalized spacial score (nSPS) is 10.9. The highest BCUT2D eigenvalue weighted by atomic mass is 16.3. The number of rotatable bonds is 15. The van der Waals surface area contributed by atoms with E-state index in [9.17, 15) is 9.90 Å². The molecule has 0 radical (unpaired) electrons. The van der Waals surface area contributed by atoms with Crippen molar-refractivity contribution in [2.45, 2.75) is 97.3 Å². The van der Waals surface area contributed by atoms with Gasteiger partial charge >= 0.3 is 0 Å². The summed E-state index contributed by atoms with van der Waals surface area (Å²) in [4.78, 5) is 12.3. The van der Waals surface area contributed by atoms with E-state index in [2.05, 4.69) is 24.4 Å². The number of anilines is 1. The third-order valence-corrected chi connectivity index (χ3v) is 6.00. The van der Waals surface area contributed by atoms with Gasteiger partial charge in [-0.15, -0.1) is 0 Å². The van der Waals surface area contributed by atoms with E-state index < -0.39 is 0 Å². The van der Waals surface area contributed by atoms with Crippen LogP contribution in [0.1, 0.15) is 105 Å². The molecule has 2 N–H and O–H groups in total. The van der Waals surface area contributed by atoms with E-state index in [0.29, 0.717) is 5.56 Å². The summed E-state index contributed by atoms with van der Waals surface area (Å²) < 4.78 is 0.